The van der Waals surface area contributed by atoms with Gasteiger partial charge in [0.2, 0.25) is 0 Å². The highest BCUT2D eigenvalue weighted by Gasteiger charge is 2.07. The van der Waals surface area contributed by atoms with Crippen LogP contribution in [0.4, 0.5) is 5.69 Å². The van der Waals surface area contributed by atoms with E-state index in [4.69, 9.17) is 15.2 Å². The van der Waals surface area contributed by atoms with Crippen molar-refractivity contribution < 1.29 is 14.3 Å². The normalized spacial score (nSPS) is 10.8. The molecule has 3 rings (SSSR count). The minimum absolute atomic E-state index is 0.318. The first-order valence-electron chi connectivity index (χ1n) is 8.46. The maximum absolute atomic E-state index is 12.0. The Balaban J connectivity index is 1.61. The maximum Gasteiger partial charge on any atom is 0.271 e. The van der Waals surface area contributed by atoms with Crippen LogP contribution in [-0.4, -0.2) is 24.2 Å². The molecule has 0 aliphatic rings. The van der Waals surface area contributed by atoms with Gasteiger partial charge < -0.3 is 15.2 Å². The topological polar surface area (TPSA) is 98.8 Å². The fraction of sp³-hybridized carbons (Fsp3) is 0.150. The summed E-state index contributed by atoms with van der Waals surface area (Å²) in [6.07, 6.45) is 1.53. The number of hydrogen-bond donors (Lipinski definition) is 2. The molecule has 1 heterocycles. The molecule has 0 bridgehead atoms. The Morgan fingerprint density at radius 1 is 1.25 bits per heavy atom. The molecule has 0 radical (unpaired) electrons. The molecule has 0 saturated carbocycles. The zero-order chi connectivity index (χ0) is 19.9. The zero-order valence-corrected chi connectivity index (χ0v) is 16.3. The van der Waals surface area contributed by atoms with Crippen molar-refractivity contribution >= 4 is 29.1 Å². The number of nitrogens with one attached hydrogen (secondary N) is 1. The monoisotopic (exact) mass is 396 g/mol. The van der Waals surface area contributed by atoms with Crippen molar-refractivity contribution in [2.75, 3.05) is 12.8 Å². The van der Waals surface area contributed by atoms with Gasteiger partial charge in [-0.15, -0.1) is 11.3 Å². The maximum atomic E-state index is 12.0. The van der Waals surface area contributed by atoms with Gasteiger partial charge in [0.15, 0.2) is 11.5 Å². The van der Waals surface area contributed by atoms with E-state index in [1.807, 2.05) is 18.4 Å². The molecular weight excluding hydrogens is 376 g/mol. The van der Waals surface area contributed by atoms with Crippen LogP contribution >= 0.6 is 11.3 Å². The predicted molar refractivity (Wildman–Crippen MR) is 110 cm³/mol. The number of hydrogen-bond acceptors (Lipinski definition) is 7. The lowest BCUT2D eigenvalue weighted by Crippen LogP contribution is -2.17. The molecule has 3 N–H and O–H groups in total. The second-order valence-electron chi connectivity index (χ2n) is 5.88. The number of thiazole rings is 1. The average molecular weight is 396 g/mol. The van der Waals surface area contributed by atoms with Crippen LogP contribution in [0.15, 0.2) is 52.9 Å². The summed E-state index contributed by atoms with van der Waals surface area (Å²) in [7, 11) is 1.57. The first-order valence-corrected chi connectivity index (χ1v) is 9.34. The molecule has 3 aromatic rings. The Bertz CT molecular complexity index is 983. The number of methoxy groups -OCH3 is 1. The van der Waals surface area contributed by atoms with Crippen molar-refractivity contribution in [3.05, 3.63) is 69.7 Å². The number of rotatable bonds is 7. The standard InChI is InChI=1S/C20H20N4O3S/c1-13-23-17(12-28-13)11-27-18-8-3-14(9-19(18)26-2)10-22-24-20(25)15-4-6-16(21)7-5-15/h3-10,12H,11,21H2,1-2H3,(H,24,25)/b22-10-. The van der Waals surface area contributed by atoms with Crippen molar-refractivity contribution in [3.63, 3.8) is 0 Å². The molecule has 0 saturated heterocycles. The number of nitrogens with zero attached hydrogens (tertiary/aromatic N) is 2. The number of amides is 1. The van der Waals surface area contributed by atoms with Gasteiger partial charge in [0.25, 0.3) is 5.91 Å². The number of anilines is 1. The SMILES string of the molecule is COc1cc(/C=N\NC(=O)c2ccc(N)cc2)ccc1OCc1csc(C)n1. The average Bonchev–Trinajstić information content (AvgIpc) is 3.12. The molecule has 1 amide bonds. The smallest absolute Gasteiger partial charge is 0.271 e. The molecule has 0 aliphatic carbocycles. The summed E-state index contributed by atoms with van der Waals surface area (Å²) in [6, 6.07) is 12.0. The lowest BCUT2D eigenvalue weighted by Gasteiger charge is -2.10. The quantitative estimate of drug-likeness (QED) is 0.362. The number of aromatic nitrogens is 1. The van der Waals surface area contributed by atoms with Gasteiger partial charge in [0.05, 0.1) is 24.0 Å². The van der Waals surface area contributed by atoms with E-state index in [-0.39, 0.29) is 5.91 Å². The molecule has 0 aliphatic heterocycles. The number of ether oxygens (including phenoxy) is 2. The van der Waals surface area contributed by atoms with Crippen molar-refractivity contribution in [2.24, 2.45) is 5.10 Å². The van der Waals surface area contributed by atoms with E-state index in [1.54, 1.807) is 54.8 Å². The number of aryl methyl sites for hydroxylation is 1. The minimum Gasteiger partial charge on any atom is -0.493 e. The van der Waals surface area contributed by atoms with Crippen LogP contribution in [0.5, 0.6) is 11.5 Å². The van der Waals surface area contributed by atoms with Crippen molar-refractivity contribution in [2.45, 2.75) is 13.5 Å². The number of carbonyl (C=O) groups is 1. The Labute approximate surface area is 166 Å². The lowest BCUT2D eigenvalue weighted by atomic mass is 10.2. The number of nitrogen functional groups attached to an aromatic ring is 1. The second-order valence-corrected chi connectivity index (χ2v) is 6.94. The van der Waals surface area contributed by atoms with E-state index in [0.29, 0.717) is 29.4 Å². The van der Waals surface area contributed by atoms with E-state index >= 15 is 0 Å². The summed E-state index contributed by atoms with van der Waals surface area (Å²) in [6.45, 7) is 2.32. The molecule has 28 heavy (non-hydrogen) atoms. The summed E-state index contributed by atoms with van der Waals surface area (Å²) in [5.74, 6) is 0.860. The summed E-state index contributed by atoms with van der Waals surface area (Å²) in [5, 5.41) is 6.94. The number of nitrogens with two attached hydrogens (primary N) is 1. The first-order chi connectivity index (χ1) is 13.5. The van der Waals surface area contributed by atoms with Gasteiger partial charge in [-0.3, -0.25) is 4.79 Å². The fourth-order valence-corrected chi connectivity index (χ4v) is 2.97. The summed E-state index contributed by atoms with van der Waals surface area (Å²) in [4.78, 5) is 16.4. The van der Waals surface area contributed by atoms with Gasteiger partial charge >= 0.3 is 0 Å². The third-order valence-electron chi connectivity index (χ3n) is 3.78. The highest BCUT2D eigenvalue weighted by Crippen LogP contribution is 2.28. The van der Waals surface area contributed by atoms with E-state index in [2.05, 4.69) is 15.5 Å². The molecule has 144 valence electrons. The molecule has 0 spiro atoms. The summed E-state index contributed by atoms with van der Waals surface area (Å²) >= 11 is 1.58. The molecule has 1 aromatic heterocycles. The van der Waals surface area contributed by atoms with Crippen LogP contribution in [0.3, 0.4) is 0 Å². The first kappa shape index (κ1) is 19.4. The fourth-order valence-electron chi connectivity index (χ4n) is 2.37. The Hall–Kier alpha value is -3.39. The van der Waals surface area contributed by atoms with Crippen molar-refractivity contribution in [1.82, 2.24) is 10.4 Å². The second kappa shape index (κ2) is 9.01. The Morgan fingerprint density at radius 2 is 2.04 bits per heavy atom. The molecule has 2 aromatic carbocycles. The van der Waals surface area contributed by atoms with Crippen LogP contribution in [0.2, 0.25) is 0 Å². The van der Waals surface area contributed by atoms with E-state index < -0.39 is 0 Å². The third-order valence-corrected chi connectivity index (χ3v) is 4.60. The van der Waals surface area contributed by atoms with Crippen molar-refractivity contribution in [3.8, 4) is 11.5 Å². The molecule has 0 fully saturated rings. The molecule has 0 unspecified atom stereocenters. The predicted octanol–water partition coefficient (Wildman–Crippen LogP) is 3.39. The van der Waals surface area contributed by atoms with Gasteiger partial charge in [0, 0.05) is 16.6 Å². The Kier molecular flexibility index (Phi) is 6.23. The van der Waals surface area contributed by atoms with Crippen LogP contribution in [-0.2, 0) is 6.61 Å². The lowest BCUT2D eigenvalue weighted by molar-refractivity contribution is 0.0955. The number of hydrazone groups is 1. The molecular formula is C20H20N4O3S. The van der Waals surface area contributed by atoms with Crippen LogP contribution in [0.1, 0.15) is 26.6 Å². The number of benzene rings is 2. The summed E-state index contributed by atoms with van der Waals surface area (Å²) in [5.41, 5.74) is 10.8. The third kappa shape index (κ3) is 5.08. The summed E-state index contributed by atoms with van der Waals surface area (Å²) < 4.78 is 11.2. The zero-order valence-electron chi connectivity index (χ0n) is 15.5. The largest absolute Gasteiger partial charge is 0.493 e. The molecule has 8 heteroatoms. The van der Waals surface area contributed by atoms with Crippen LogP contribution in [0.25, 0.3) is 0 Å². The van der Waals surface area contributed by atoms with Gasteiger partial charge in [0.1, 0.15) is 6.61 Å². The van der Waals surface area contributed by atoms with Crippen LogP contribution in [0, 0.1) is 6.92 Å². The highest BCUT2D eigenvalue weighted by atomic mass is 32.1. The number of carbonyl (C=O) groups excluding carboxylic acids is 1. The van der Waals surface area contributed by atoms with E-state index in [0.717, 1.165) is 16.3 Å². The van der Waals surface area contributed by atoms with E-state index in [9.17, 15) is 4.79 Å². The van der Waals surface area contributed by atoms with Gasteiger partial charge in [-0.05, 0) is 55.0 Å². The van der Waals surface area contributed by atoms with E-state index in [1.165, 1.54) is 6.21 Å². The van der Waals surface area contributed by atoms with Crippen LogP contribution < -0.4 is 20.6 Å². The van der Waals surface area contributed by atoms with Crippen molar-refractivity contribution in [1.29, 1.82) is 0 Å². The van der Waals surface area contributed by atoms with Gasteiger partial charge in [-0.25, -0.2) is 10.4 Å². The minimum atomic E-state index is -0.318. The highest BCUT2D eigenvalue weighted by molar-refractivity contribution is 7.09. The van der Waals surface area contributed by atoms with Gasteiger partial charge in [-0.1, -0.05) is 0 Å². The van der Waals surface area contributed by atoms with Gasteiger partial charge in [-0.2, -0.15) is 5.10 Å². The molecule has 0 atom stereocenters. The Morgan fingerprint density at radius 3 is 2.71 bits per heavy atom. The molecule has 7 nitrogen and oxygen atoms in total.